The van der Waals surface area contributed by atoms with E-state index in [1.807, 2.05) is 7.05 Å². The average molecular weight is 263 g/mol. The summed E-state index contributed by atoms with van der Waals surface area (Å²) in [6.45, 7) is 3.04. The van der Waals surface area contributed by atoms with Gasteiger partial charge in [0.05, 0.1) is 12.2 Å². The van der Waals surface area contributed by atoms with Gasteiger partial charge in [-0.3, -0.25) is 0 Å². The molecule has 0 unspecified atom stereocenters. The molecule has 19 heavy (non-hydrogen) atoms. The molecule has 1 heterocycles. The lowest BCUT2D eigenvalue weighted by molar-refractivity contribution is -0.136. The van der Waals surface area contributed by atoms with Crippen LogP contribution in [0.25, 0.3) is 5.57 Å². The van der Waals surface area contributed by atoms with E-state index in [1.54, 1.807) is 19.1 Å². The van der Waals surface area contributed by atoms with Crippen molar-refractivity contribution in [3.63, 3.8) is 0 Å². The molecule has 1 aromatic carbocycles. The van der Waals surface area contributed by atoms with Crippen LogP contribution < -0.4 is 0 Å². The third kappa shape index (κ3) is 2.95. The fourth-order valence-electron chi connectivity index (χ4n) is 2.35. The molecule has 3 nitrogen and oxygen atoms in total. The van der Waals surface area contributed by atoms with E-state index in [2.05, 4.69) is 4.90 Å². The lowest BCUT2D eigenvalue weighted by Gasteiger charge is -2.18. The fraction of sp³-hybridized carbons (Fsp3) is 0.400. The Labute approximate surface area is 112 Å². The summed E-state index contributed by atoms with van der Waals surface area (Å²) in [5.41, 5.74) is 2.25. The molecule has 0 saturated carbocycles. The number of ether oxygens (including phenoxy) is 1. The second-order valence-corrected chi connectivity index (χ2v) is 4.57. The zero-order chi connectivity index (χ0) is 13.8. The zero-order valence-corrected chi connectivity index (χ0v) is 11.3. The minimum atomic E-state index is -0.335. The van der Waals surface area contributed by atoms with E-state index in [1.165, 1.54) is 12.1 Å². The van der Waals surface area contributed by atoms with Gasteiger partial charge in [0.25, 0.3) is 0 Å². The topological polar surface area (TPSA) is 29.5 Å². The molecule has 1 aliphatic heterocycles. The number of nitrogens with zero attached hydrogens (tertiary/aromatic N) is 1. The first-order valence-electron chi connectivity index (χ1n) is 6.50. The quantitative estimate of drug-likeness (QED) is 0.620. The van der Waals surface area contributed by atoms with Crippen LogP contribution in [0.1, 0.15) is 25.3 Å². The van der Waals surface area contributed by atoms with Gasteiger partial charge in [-0.2, -0.15) is 0 Å². The lowest BCUT2D eigenvalue weighted by Crippen LogP contribution is -2.17. The van der Waals surface area contributed by atoms with Crippen molar-refractivity contribution in [2.24, 2.45) is 0 Å². The predicted molar refractivity (Wildman–Crippen MR) is 71.8 cm³/mol. The molecule has 0 amide bonds. The number of esters is 1. The maximum atomic E-state index is 13.0. The molecule has 0 bridgehead atoms. The molecule has 0 aromatic heterocycles. The van der Waals surface area contributed by atoms with Crippen LogP contribution in [0, 0.1) is 5.82 Å². The summed E-state index contributed by atoms with van der Waals surface area (Å²) in [7, 11) is 1.96. The van der Waals surface area contributed by atoms with Crippen LogP contribution in [0.3, 0.4) is 0 Å². The number of carbonyl (C=O) groups excluding carboxylic acids is 1. The Morgan fingerprint density at radius 3 is 2.58 bits per heavy atom. The molecule has 0 aliphatic carbocycles. The summed E-state index contributed by atoms with van der Waals surface area (Å²) in [5, 5.41) is 0. The third-order valence-corrected chi connectivity index (χ3v) is 3.27. The summed E-state index contributed by atoms with van der Waals surface area (Å²) in [6, 6.07) is 5.98. The van der Waals surface area contributed by atoms with E-state index in [-0.39, 0.29) is 11.8 Å². The van der Waals surface area contributed by atoms with E-state index >= 15 is 0 Å². The first-order chi connectivity index (χ1) is 9.13. The predicted octanol–water partition coefficient (Wildman–Crippen LogP) is 2.83. The number of rotatable bonds is 3. The summed E-state index contributed by atoms with van der Waals surface area (Å²) in [6.07, 6.45) is 1.87. The molecule has 1 aromatic rings. The minimum Gasteiger partial charge on any atom is -0.462 e. The van der Waals surface area contributed by atoms with Crippen LogP contribution in [0.15, 0.2) is 30.0 Å². The van der Waals surface area contributed by atoms with Crippen molar-refractivity contribution in [3.8, 4) is 0 Å². The molecular weight excluding hydrogens is 245 g/mol. The second kappa shape index (κ2) is 5.87. The van der Waals surface area contributed by atoms with Crippen LogP contribution in [0.5, 0.6) is 0 Å². The second-order valence-electron chi connectivity index (χ2n) is 4.57. The van der Waals surface area contributed by atoms with Gasteiger partial charge in [0.15, 0.2) is 0 Å². The lowest BCUT2D eigenvalue weighted by atomic mass is 10.0. The van der Waals surface area contributed by atoms with Gasteiger partial charge >= 0.3 is 5.97 Å². The highest BCUT2D eigenvalue weighted by molar-refractivity contribution is 6.17. The van der Waals surface area contributed by atoms with Crippen LogP contribution >= 0.6 is 0 Å². The van der Waals surface area contributed by atoms with E-state index < -0.39 is 0 Å². The largest absolute Gasteiger partial charge is 0.462 e. The molecule has 2 rings (SSSR count). The van der Waals surface area contributed by atoms with E-state index in [0.29, 0.717) is 17.7 Å². The highest BCUT2D eigenvalue weighted by Gasteiger charge is 2.24. The Morgan fingerprint density at radius 2 is 2.05 bits per heavy atom. The highest BCUT2D eigenvalue weighted by atomic mass is 19.1. The van der Waals surface area contributed by atoms with Crippen molar-refractivity contribution in [2.75, 3.05) is 20.2 Å². The Morgan fingerprint density at radius 1 is 1.37 bits per heavy atom. The standard InChI is InChI=1S/C15H18FNO2/c1-3-19-15(18)14(13-5-4-10-17(13)2)11-6-8-12(16)9-7-11/h6-9H,3-5,10H2,1-2H3/b14-13-. The van der Waals surface area contributed by atoms with Gasteiger partial charge in [-0.05, 0) is 37.5 Å². The van der Waals surface area contributed by atoms with Crippen molar-refractivity contribution < 1.29 is 13.9 Å². The van der Waals surface area contributed by atoms with Gasteiger partial charge < -0.3 is 9.64 Å². The first-order valence-corrected chi connectivity index (χ1v) is 6.50. The number of halogens is 1. The van der Waals surface area contributed by atoms with Crippen LogP contribution in [-0.2, 0) is 9.53 Å². The Hall–Kier alpha value is -1.84. The summed E-state index contributed by atoms with van der Waals surface area (Å²) in [5.74, 6) is -0.644. The van der Waals surface area contributed by atoms with Crippen LogP contribution in [-0.4, -0.2) is 31.1 Å². The first kappa shape index (κ1) is 13.6. The van der Waals surface area contributed by atoms with Gasteiger partial charge in [-0.15, -0.1) is 0 Å². The molecule has 1 aliphatic rings. The van der Waals surface area contributed by atoms with Gasteiger partial charge in [0.1, 0.15) is 5.82 Å². The van der Waals surface area contributed by atoms with Gasteiger partial charge in [0.2, 0.25) is 0 Å². The van der Waals surface area contributed by atoms with Crippen molar-refractivity contribution in [1.29, 1.82) is 0 Å². The number of hydrogen-bond acceptors (Lipinski definition) is 3. The SMILES string of the molecule is CCOC(=O)/C(=C1/CCCN1C)c1ccc(F)cc1. The van der Waals surface area contributed by atoms with E-state index in [9.17, 15) is 9.18 Å². The van der Waals surface area contributed by atoms with Crippen LogP contribution in [0.4, 0.5) is 4.39 Å². The molecule has 1 saturated heterocycles. The molecule has 4 heteroatoms. The maximum Gasteiger partial charge on any atom is 0.340 e. The highest BCUT2D eigenvalue weighted by Crippen LogP contribution is 2.29. The fourth-order valence-corrected chi connectivity index (χ4v) is 2.35. The summed E-state index contributed by atoms with van der Waals surface area (Å²) < 4.78 is 18.1. The molecule has 102 valence electrons. The third-order valence-electron chi connectivity index (χ3n) is 3.27. The van der Waals surface area contributed by atoms with E-state index in [0.717, 1.165) is 25.1 Å². The average Bonchev–Trinajstić information content (AvgIpc) is 2.79. The Balaban J connectivity index is 2.45. The number of benzene rings is 1. The molecular formula is C15H18FNO2. The van der Waals surface area contributed by atoms with Crippen molar-refractivity contribution in [1.82, 2.24) is 4.90 Å². The zero-order valence-electron chi connectivity index (χ0n) is 11.3. The monoisotopic (exact) mass is 263 g/mol. The van der Waals surface area contributed by atoms with Crippen LogP contribution in [0.2, 0.25) is 0 Å². The van der Waals surface area contributed by atoms with Crippen molar-refractivity contribution in [2.45, 2.75) is 19.8 Å². The number of likely N-dealkylation sites (tertiary alicyclic amines) is 1. The maximum absolute atomic E-state index is 13.0. The Bertz CT molecular complexity index is 493. The summed E-state index contributed by atoms with van der Waals surface area (Å²) in [4.78, 5) is 14.2. The number of allylic oxidation sites excluding steroid dienone is 1. The van der Waals surface area contributed by atoms with E-state index in [4.69, 9.17) is 4.74 Å². The minimum absolute atomic E-state index is 0.309. The number of carbonyl (C=O) groups is 1. The molecule has 1 fully saturated rings. The van der Waals surface area contributed by atoms with Crippen molar-refractivity contribution in [3.05, 3.63) is 41.3 Å². The van der Waals surface area contributed by atoms with Crippen molar-refractivity contribution >= 4 is 11.5 Å². The van der Waals surface area contributed by atoms with Gasteiger partial charge in [0, 0.05) is 19.3 Å². The molecule has 0 spiro atoms. The molecule has 0 atom stereocenters. The summed E-state index contributed by atoms with van der Waals surface area (Å²) >= 11 is 0. The molecule has 0 N–H and O–H groups in total. The van der Waals surface area contributed by atoms with Gasteiger partial charge in [-0.1, -0.05) is 12.1 Å². The molecule has 0 radical (unpaired) electrons. The smallest absolute Gasteiger partial charge is 0.340 e. The van der Waals surface area contributed by atoms with Gasteiger partial charge in [-0.25, -0.2) is 9.18 Å². The normalized spacial score (nSPS) is 17.5. The Kier molecular flexibility index (Phi) is 4.20. The number of hydrogen-bond donors (Lipinski definition) is 0.